The van der Waals surface area contributed by atoms with Crippen molar-refractivity contribution in [3.8, 4) is 5.82 Å². The van der Waals surface area contributed by atoms with Gasteiger partial charge in [0.1, 0.15) is 5.03 Å². The summed E-state index contributed by atoms with van der Waals surface area (Å²) in [5.74, 6) is 0.488. The van der Waals surface area contributed by atoms with Crippen LogP contribution in [0.2, 0.25) is 0 Å². The van der Waals surface area contributed by atoms with E-state index < -0.39 is 0 Å². The lowest BCUT2D eigenvalue weighted by atomic mass is 10.4. The van der Waals surface area contributed by atoms with Gasteiger partial charge in [-0.05, 0) is 32.0 Å². The largest absolute Gasteiger partial charge is 0.369 e. The third-order valence-corrected chi connectivity index (χ3v) is 3.16. The summed E-state index contributed by atoms with van der Waals surface area (Å²) in [7, 11) is 0. The second kappa shape index (κ2) is 5.18. The quantitative estimate of drug-likeness (QED) is 0.827. The molecule has 0 aliphatic carbocycles. The fraction of sp³-hybridized carbons (Fsp3) is 0.273. The highest BCUT2D eigenvalue weighted by Crippen LogP contribution is 2.15. The Kier molecular flexibility index (Phi) is 3.61. The molecule has 2 heterocycles. The highest BCUT2D eigenvalue weighted by atomic mass is 32.2. The van der Waals surface area contributed by atoms with E-state index in [0.29, 0.717) is 10.8 Å². The van der Waals surface area contributed by atoms with Crippen molar-refractivity contribution in [2.75, 3.05) is 5.75 Å². The molecule has 0 aromatic carbocycles. The lowest BCUT2D eigenvalue weighted by molar-refractivity contribution is -0.115. The number of aromatic nitrogens is 4. The van der Waals surface area contributed by atoms with Gasteiger partial charge in [0, 0.05) is 5.69 Å². The van der Waals surface area contributed by atoms with E-state index in [9.17, 15) is 4.79 Å². The average molecular weight is 263 g/mol. The van der Waals surface area contributed by atoms with Gasteiger partial charge in [-0.25, -0.2) is 4.68 Å². The zero-order chi connectivity index (χ0) is 13.1. The van der Waals surface area contributed by atoms with Crippen LogP contribution in [0, 0.1) is 13.8 Å². The molecule has 0 saturated heterocycles. The summed E-state index contributed by atoms with van der Waals surface area (Å²) in [6, 6.07) is 5.58. The number of aryl methyl sites for hydroxylation is 2. The second-order valence-corrected chi connectivity index (χ2v) is 4.82. The fourth-order valence-corrected chi connectivity index (χ4v) is 2.06. The Morgan fingerprint density at radius 3 is 2.67 bits per heavy atom. The first-order valence-corrected chi connectivity index (χ1v) is 6.33. The van der Waals surface area contributed by atoms with Crippen molar-refractivity contribution in [2.24, 2.45) is 5.73 Å². The van der Waals surface area contributed by atoms with Gasteiger partial charge >= 0.3 is 0 Å². The van der Waals surface area contributed by atoms with Crippen molar-refractivity contribution in [2.45, 2.75) is 18.9 Å². The van der Waals surface area contributed by atoms with Gasteiger partial charge in [0.25, 0.3) is 0 Å². The molecular weight excluding hydrogens is 250 g/mol. The van der Waals surface area contributed by atoms with Crippen LogP contribution in [-0.4, -0.2) is 31.6 Å². The summed E-state index contributed by atoms with van der Waals surface area (Å²) in [5, 5.41) is 13.1. The average Bonchev–Trinajstić information content (AvgIpc) is 2.66. The number of primary amides is 1. The Labute approximate surface area is 109 Å². The topological polar surface area (TPSA) is 86.7 Å². The molecule has 94 valence electrons. The monoisotopic (exact) mass is 263 g/mol. The number of hydrogen-bond acceptors (Lipinski definition) is 5. The number of hydrogen-bond donors (Lipinski definition) is 1. The van der Waals surface area contributed by atoms with Crippen LogP contribution in [0.15, 0.2) is 23.2 Å². The zero-order valence-electron chi connectivity index (χ0n) is 10.1. The van der Waals surface area contributed by atoms with E-state index in [-0.39, 0.29) is 11.7 Å². The van der Waals surface area contributed by atoms with Crippen LogP contribution in [0.3, 0.4) is 0 Å². The molecule has 2 N–H and O–H groups in total. The molecular formula is C11H13N5OS. The van der Waals surface area contributed by atoms with Crippen LogP contribution < -0.4 is 5.73 Å². The van der Waals surface area contributed by atoms with Crippen molar-refractivity contribution < 1.29 is 4.79 Å². The van der Waals surface area contributed by atoms with Gasteiger partial charge in [0.15, 0.2) is 5.82 Å². The first-order chi connectivity index (χ1) is 8.56. The number of thioether (sulfide) groups is 1. The van der Waals surface area contributed by atoms with Crippen molar-refractivity contribution in [1.82, 2.24) is 20.0 Å². The molecule has 6 nitrogen and oxygen atoms in total. The first kappa shape index (κ1) is 12.6. The van der Waals surface area contributed by atoms with Crippen LogP contribution >= 0.6 is 11.8 Å². The Balaban J connectivity index is 2.17. The Morgan fingerprint density at radius 1 is 1.39 bits per heavy atom. The van der Waals surface area contributed by atoms with Crippen LogP contribution in [0.25, 0.3) is 5.82 Å². The zero-order valence-corrected chi connectivity index (χ0v) is 10.9. The number of amides is 1. The number of carbonyl (C=O) groups excluding carboxylic acids is 1. The molecule has 2 rings (SSSR count). The number of nitrogens with two attached hydrogens (primary N) is 1. The fourth-order valence-electron chi connectivity index (χ4n) is 1.51. The molecule has 0 fully saturated rings. The Morgan fingerprint density at radius 2 is 2.17 bits per heavy atom. The minimum absolute atomic E-state index is 0.202. The molecule has 0 aliphatic heterocycles. The molecule has 0 bridgehead atoms. The maximum Gasteiger partial charge on any atom is 0.227 e. The lowest BCUT2D eigenvalue weighted by Crippen LogP contribution is -2.13. The third kappa shape index (κ3) is 2.86. The predicted octanol–water partition coefficient (Wildman–Crippen LogP) is 0.857. The number of carbonyl (C=O) groups is 1. The second-order valence-electron chi connectivity index (χ2n) is 3.82. The van der Waals surface area contributed by atoms with Crippen molar-refractivity contribution in [1.29, 1.82) is 0 Å². The highest BCUT2D eigenvalue weighted by molar-refractivity contribution is 7.99. The summed E-state index contributed by atoms with van der Waals surface area (Å²) in [4.78, 5) is 10.6. The van der Waals surface area contributed by atoms with Crippen LogP contribution in [0.4, 0.5) is 0 Å². The Bertz CT molecular complexity index is 563. The van der Waals surface area contributed by atoms with E-state index in [1.165, 1.54) is 11.8 Å². The van der Waals surface area contributed by atoms with Gasteiger partial charge in [0.05, 0.1) is 11.4 Å². The summed E-state index contributed by atoms with van der Waals surface area (Å²) in [6.45, 7) is 3.88. The molecule has 0 saturated carbocycles. The van der Waals surface area contributed by atoms with E-state index in [4.69, 9.17) is 5.73 Å². The maximum absolute atomic E-state index is 10.6. The molecule has 0 atom stereocenters. The summed E-state index contributed by atoms with van der Waals surface area (Å²) in [5.41, 5.74) is 6.99. The van der Waals surface area contributed by atoms with Gasteiger partial charge in [0.2, 0.25) is 5.91 Å². The van der Waals surface area contributed by atoms with E-state index in [1.807, 2.05) is 26.0 Å². The molecule has 0 aliphatic rings. The van der Waals surface area contributed by atoms with Gasteiger partial charge in [-0.15, -0.1) is 10.2 Å². The molecule has 2 aromatic rings. The van der Waals surface area contributed by atoms with Gasteiger partial charge in [-0.2, -0.15) is 5.10 Å². The molecule has 2 aromatic heterocycles. The Hall–Kier alpha value is -1.89. The van der Waals surface area contributed by atoms with Gasteiger partial charge in [-0.1, -0.05) is 11.8 Å². The van der Waals surface area contributed by atoms with Gasteiger partial charge in [-0.3, -0.25) is 4.79 Å². The molecule has 1 amide bonds. The molecule has 0 radical (unpaired) electrons. The lowest BCUT2D eigenvalue weighted by Gasteiger charge is -2.03. The predicted molar refractivity (Wildman–Crippen MR) is 68.5 cm³/mol. The third-order valence-electron chi connectivity index (χ3n) is 2.21. The number of nitrogens with zero attached hydrogens (tertiary/aromatic N) is 4. The smallest absolute Gasteiger partial charge is 0.227 e. The highest BCUT2D eigenvalue weighted by Gasteiger charge is 2.06. The molecule has 18 heavy (non-hydrogen) atoms. The van der Waals surface area contributed by atoms with E-state index in [0.717, 1.165) is 11.4 Å². The van der Waals surface area contributed by atoms with Gasteiger partial charge < -0.3 is 5.73 Å². The van der Waals surface area contributed by atoms with E-state index >= 15 is 0 Å². The van der Waals surface area contributed by atoms with E-state index in [2.05, 4.69) is 15.3 Å². The van der Waals surface area contributed by atoms with Crippen LogP contribution in [0.5, 0.6) is 0 Å². The number of rotatable bonds is 4. The van der Waals surface area contributed by atoms with Crippen molar-refractivity contribution in [3.63, 3.8) is 0 Å². The van der Waals surface area contributed by atoms with Crippen molar-refractivity contribution in [3.05, 3.63) is 29.6 Å². The SMILES string of the molecule is Cc1cc(C)n(-c2ccc(SCC(N)=O)nn2)n1. The molecule has 0 spiro atoms. The summed E-state index contributed by atoms with van der Waals surface area (Å²) >= 11 is 1.26. The van der Waals surface area contributed by atoms with Crippen LogP contribution in [-0.2, 0) is 4.79 Å². The normalized spacial score (nSPS) is 10.6. The maximum atomic E-state index is 10.6. The van der Waals surface area contributed by atoms with E-state index in [1.54, 1.807) is 10.7 Å². The minimum Gasteiger partial charge on any atom is -0.369 e. The summed E-state index contributed by atoms with van der Waals surface area (Å²) < 4.78 is 1.73. The standard InChI is InChI=1S/C11H13N5OS/c1-7-5-8(2)16(15-7)10-3-4-11(14-13-10)18-6-9(12)17/h3-5H,6H2,1-2H3,(H2,12,17). The van der Waals surface area contributed by atoms with Crippen LogP contribution in [0.1, 0.15) is 11.4 Å². The minimum atomic E-state index is -0.371. The summed E-state index contributed by atoms with van der Waals surface area (Å²) in [6.07, 6.45) is 0. The molecule has 7 heteroatoms. The van der Waals surface area contributed by atoms with Crippen molar-refractivity contribution >= 4 is 17.7 Å². The first-order valence-electron chi connectivity index (χ1n) is 5.35. The molecule has 0 unspecified atom stereocenters.